The summed E-state index contributed by atoms with van der Waals surface area (Å²) in [5.74, 6) is 0.478. The van der Waals surface area contributed by atoms with Crippen molar-refractivity contribution in [2.75, 3.05) is 0 Å². The molecular formula is C22H17F3N8O. The third-order valence-corrected chi connectivity index (χ3v) is 6.25. The van der Waals surface area contributed by atoms with Gasteiger partial charge in [0.25, 0.3) is 5.56 Å². The summed E-state index contributed by atoms with van der Waals surface area (Å²) in [7, 11) is 0. The fourth-order valence-electron chi connectivity index (χ4n) is 4.28. The number of hydrogen-bond acceptors (Lipinski definition) is 7. The highest BCUT2D eigenvalue weighted by atomic mass is 19.4. The molecule has 4 heterocycles. The number of aromatic nitrogens is 7. The molecule has 5 rings (SSSR count). The first-order valence-electron chi connectivity index (χ1n) is 10.5. The highest BCUT2D eigenvalue weighted by molar-refractivity contribution is 5.80. The van der Waals surface area contributed by atoms with E-state index in [0.29, 0.717) is 11.4 Å². The lowest BCUT2D eigenvalue weighted by atomic mass is 9.70. The van der Waals surface area contributed by atoms with Gasteiger partial charge in [-0.25, -0.2) is 19.6 Å². The number of aromatic amines is 1. The number of pyridine rings is 1. The van der Waals surface area contributed by atoms with Gasteiger partial charge in [-0.2, -0.15) is 23.5 Å². The third-order valence-electron chi connectivity index (χ3n) is 6.25. The van der Waals surface area contributed by atoms with E-state index in [1.807, 2.05) is 6.07 Å². The van der Waals surface area contributed by atoms with Crippen LogP contribution in [0.4, 0.5) is 13.2 Å². The lowest BCUT2D eigenvalue weighted by molar-refractivity contribution is -0.141. The monoisotopic (exact) mass is 466 g/mol. The Morgan fingerprint density at radius 3 is 2.50 bits per heavy atom. The number of rotatable bonds is 4. The van der Waals surface area contributed by atoms with Gasteiger partial charge in [0.1, 0.15) is 29.3 Å². The second-order valence-corrected chi connectivity index (χ2v) is 8.17. The number of alkyl halides is 3. The quantitative estimate of drug-likeness (QED) is 0.488. The number of H-pyrrole nitrogens is 1. The molecule has 4 aromatic rings. The Labute approximate surface area is 190 Å². The van der Waals surface area contributed by atoms with E-state index in [0.717, 1.165) is 30.7 Å². The Hall–Kier alpha value is -4.14. The number of halogens is 3. The summed E-state index contributed by atoms with van der Waals surface area (Å²) in [5.41, 5.74) is -0.0496. The maximum absolute atomic E-state index is 12.9. The lowest BCUT2D eigenvalue weighted by Crippen LogP contribution is -2.27. The molecule has 12 heteroatoms. The van der Waals surface area contributed by atoms with Crippen molar-refractivity contribution in [2.45, 2.75) is 43.8 Å². The van der Waals surface area contributed by atoms with Gasteiger partial charge in [0.2, 0.25) is 0 Å². The van der Waals surface area contributed by atoms with Crippen LogP contribution in [0.5, 0.6) is 0 Å². The summed E-state index contributed by atoms with van der Waals surface area (Å²) in [6, 6.07) is 3.46. The average Bonchev–Trinajstić information content (AvgIpc) is 3.17. The van der Waals surface area contributed by atoms with Crippen LogP contribution >= 0.6 is 0 Å². The number of fused-ring (bicyclic) bond motifs is 1. The molecule has 0 aliphatic heterocycles. The fourth-order valence-corrected chi connectivity index (χ4v) is 4.28. The van der Waals surface area contributed by atoms with Crippen LogP contribution in [0.3, 0.4) is 0 Å². The molecule has 3 atom stereocenters. The smallest absolute Gasteiger partial charge is 0.310 e. The normalized spacial score (nSPS) is 18.9. The van der Waals surface area contributed by atoms with Crippen LogP contribution < -0.4 is 5.56 Å². The van der Waals surface area contributed by atoms with Gasteiger partial charge in [-0.15, -0.1) is 0 Å². The van der Waals surface area contributed by atoms with E-state index in [4.69, 9.17) is 0 Å². The Balaban J connectivity index is 1.57. The summed E-state index contributed by atoms with van der Waals surface area (Å²) in [4.78, 5) is 32.0. The Bertz CT molecular complexity index is 1450. The third kappa shape index (κ3) is 3.59. The standard InChI is InChI=1S/C22H17F3N8O/c1-11(12-2-5-17(29-9-12)22(23,24)25)33-20-18(16(6-26)32-33)21(34)31-19(30-20)15-4-3-14(15)13-7-27-10-28-8-13/h2,5,7-11,14-15H,3-4H2,1H3,(H,30,31,34)/t11-,14-,15+/m0/s1. The molecule has 1 saturated carbocycles. The molecule has 9 nitrogen and oxygen atoms in total. The number of nitriles is 1. The molecule has 0 unspecified atom stereocenters. The molecule has 0 radical (unpaired) electrons. The van der Waals surface area contributed by atoms with Gasteiger partial charge in [-0.05, 0) is 42.9 Å². The van der Waals surface area contributed by atoms with Crippen LogP contribution in [-0.4, -0.2) is 34.7 Å². The number of nitrogens with zero attached hydrogens (tertiary/aromatic N) is 7. The molecule has 1 fully saturated rings. The number of nitrogens with one attached hydrogen (secondary N) is 1. The fraction of sp³-hybridized carbons (Fsp3) is 0.318. The predicted octanol–water partition coefficient (Wildman–Crippen LogP) is 3.47. The van der Waals surface area contributed by atoms with Gasteiger partial charge >= 0.3 is 6.18 Å². The molecule has 0 saturated heterocycles. The first kappa shape index (κ1) is 21.7. The van der Waals surface area contributed by atoms with Crippen molar-refractivity contribution in [2.24, 2.45) is 0 Å². The van der Waals surface area contributed by atoms with Crippen molar-refractivity contribution in [1.82, 2.24) is 34.7 Å². The van der Waals surface area contributed by atoms with E-state index in [1.54, 1.807) is 19.3 Å². The van der Waals surface area contributed by atoms with Crippen molar-refractivity contribution in [1.29, 1.82) is 5.26 Å². The molecule has 0 amide bonds. The molecule has 4 aromatic heterocycles. The van der Waals surface area contributed by atoms with Gasteiger partial charge in [0, 0.05) is 24.5 Å². The van der Waals surface area contributed by atoms with Gasteiger partial charge in [-0.1, -0.05) is 6.07 Å². The summed E-state index contributed by atoms with van der Waals surface area (Å²) >= 11 is 0. The van der Waals surface area contributed by atoms with Crippen LogP contribution in [0.15, 0.2) is 41.8 Å². The Morgan fingerprint density at radius 1 is 1.18 bits per heavy atom. The molecule has 0 aromatic carbocycles. The average molecular weight is 466 g/mol. The number of hydrogen-bond donors (Lipinski definition) is 1. The van der Waals surface area contributed by atoms with Gasteiger partial charge in [-0.3, -0.25) is 9.78 Å². The van der Waals surface area contributed by atoms with E-state index in [9.17, 15) is 23.2 Å². The van der Waals surface area contributed by atoms with Crippen LogP contribution in [0.2, 0.25) is 0 Å². The van der Waals surface area contributed by atoms with Crippen molar-refractivity contribution in [3.63, 3.8) is 0 Å². The minimum atomic E-state index is -4.55. The second kappa shape index (κ2) is 8.02. The minimum Gasteiger partial charge on any atom is -0.310 e. The summed E-state index contributed by atoms with van der Waals surface area (Å²) in [6.45, 7) is 1.69. The van der Waals surface area contributed by atoms with Crippen molar-refractivity contribution >= 4 is 11.0 Å². The van der Waals surface area contributed by atoms with E-state index >= 15 is 0 Å². The van der Waals surface area contributed by atoms with E-state index in [1.165, 1.54) is 17.1 Å². The maximum atomic E-state index is 12.9. The van der Waals surface area contributed by atoms with E-state index in [-0.39, 0.29) is 28.6 Å². The SMILES string of the molecule is C[C@@H](c1ccc(C(F)(F)F)nc1)n1nc(C#N)c2c(=O)[nH]c([C@@H]3CC[C@H]3c3cncnc3)nc21. The van der Waals surface area contributed by atoms with Crippen molar-refractivity contribution in [3.05, 3.63) is 75.7 Å². The van der Waals surface area contributed by atoms with Gasteiger partial charge < -0.3 is 4.98 Å². The second-order valence-electron chi connectivity index (χ2n) is 8.17. The maximum Gasteiger partial charge on any atom is 0.433 e. The Morgan fingerprint density at radius 2 is 1.91 bits per heavy atom. The molecule has 34 heavy (non-hydrogen) atoms. The highest BCUT2D eigenvalue weighted by Gasteiger charge is 2.36. The minimum absolute atomic E-state index is 0.0388. The van der Waals surface area contributed by atoms with Crippen LogP contribution in [0.25, 0.3) is 11.0 Å². The predicted molar refractivity (Wildman–Crippen MR) is 113 cm³/mol. The molecular weight excluding hydrogens is 449 g/mol. The molecule has 1 aliphatic rings. The van der Waals surface area contributed by atoms with Gasteiger partial charge in [0.05, 0.1) is 6.04 Å². The summed E-state index contributed by atoms with van der Waals surface area (Å²) in [5, 5.41) is 13.8. The zero-order valence-electron chi connectivity index (χ0n) is 17.8. The lowest BCUT2D eigenvalue weighted by Gasteiger charge is -2.35. The van der Waals surface area contributed by atoms with Gasteiger partial charge in [0.15, 0.2) is 11.3 Å². The molecule has 172 valence electrons. The zero-order valence-corrected chi connectivity index (χ0v) is 17.8. The summed E-state index contributed by atoms with van der Waals surface area (Å²) < 4.78 is 40.0. The van der Waals surface area contributed by atoms with E-state index in [2.05, 4.69) is 30.0 Å². The van der Waals surface area contributed by atoms with Crippen LogP contribution in [0, 0.1) is 11.3 Å². The van der Waals surface area contributed by atoms with Crippen molar-refractivity contribution < 1.29 is 13.2 Å². The molecule has 1 aliphatic carbocycles. The van der Waals surface area contributed by atoms with E-state index < -0.39 is 23.5 Å². The highest BCUT2D eigenvalue weighted by Crippen LogP contribution is 2.47. The van der Waals surface area contributed by atoms with Crippen LogP contribution in [-0.2, 0) is 6.18 Å². The Kier molecular flexibility index (Phi) is 5.11. The largest absolute Gasteiger partial charge is 0.433 e. The zero-order chi connectivity index (χ0) is 24.0. The molecule has 1 N–H and O–H groups in total. The summed E-state index contributed by atoms with van der Waals surface area (Å²) in [6.07, 6.45) is 3.15. The molecule has 0 spiro atoms. The molecule has 0 bridgehead atoms. The topological polar surface area (TPSA) is 126 Å². The first-order chi connectivity index (χ1) is 16.3. The van der Waals surface area contributed by atoms with Crippen molar-refractivity contribution in [3.8, 4) is 6.07 Å². The first-order valence-corrected chi connectivity index (χ1v) is 10.5. The van der Waals surface area contributed by atoms with Crippen LogP contribution in [0.1, 0.15) is 66.0 Å².